The number of benzene rings is 1. The minimum absolute atomic E-state index is 0.232. The predicted octanol–water partition coefficient (Wildman–Crippen LogP) is 1.58. The van der Waals surface area contributed by atoms with Gasteiger partial charge in [0.15, 0.2) is 5.82 Å². The van der Waals surface area contributed by atoms with Crippen LogP contribution in [0.1, 0.15) is 12.0 Å². The first-order chi connectivity index (χ1) is 13.6. The topological polar surface area (TPSA) is 93.8 Å². The van der Waals surface area contributed by atoms with Crippen molar-refractivity contribution in [1.82, 2.24) is 30.0 Å². The smallest absolute Gasteiger partial charge is 0.338 e. The Balaban J connectivity index is 1.42. The third kappa shape index (κ3) is 5.06. The van der Waals surface area contributed by atoms with Crippen molar-refractivity contribution < 1.29 is 4.79 Å². The van der Waals surface area contributed by atoms with E-state index in [0.29, 0.717) is 25.5 Å². The molecule has 3 rings (SSSR count). The number of aromatic nitrogens is 4. The Morgan fingerprint density at radius 3 is 2.61 bits per heavy atom. The summed E-state index contributed by atoms with van der Waals surface area (Å²) in [5, 5.41) is 9.92. The van der Waals surface area contributed by atoms with Crippen LogP contribution in [0.5, 0.6) is 0 Å². The number of aryl methyl sites for hydroxylation is 1. The first-order valence-electron chi connectivity index (χ1n) is 9.25. The highest BCUT2D eigenvalue weighted by Gasteiger charge is 2.12. The SMILES string of the molecule is Cn1c(-c2cccnc2)nn(CCNC(=O)NCCCc2ccccc2)c1=O. The molecule has 0 aliphatic heterocycles. The fourth-order valence-corrected chi connectivity index (χ4v) is 2.86. The number of pyridine rings is 1. The molecule has 8 nitrogen and oxygen atoms in total. The van der Waals surface area contributed by atoms with Crippen LogP contribution in [0, 0.1) is 0 Å². The Kier molecular flexibility index (Phi) is 6.56. The molecule has 0 aliphatic rings. The fourth-order valence-electron chi connectivity index (χ4n) is 2.86. The molecule has 3 aromatic rings. The molecule has 0 aliphatic carbocycles. The van der Waals surface area contributed by atoms with Crippen LogP contribution in [0.15, 0.2) is 59.7 Å². The highest BCUT2D eigenvalue weighted by atomic mass is 16.2. The molecule has 0 spiro atoms. The molecule has 8 heteroatoms. The molecule has 2 aromatic heterocycles. The molecule has 2 amide bonds. The van der Waals surface area contributed by atoms with E-state index in [-0.39, 0.29) is 11.7 Å². The molecular formula is C20H24N6O2. The molecule has 2 N–H and O–H groups in total. The Morgan fingerprint density at radius 2 is 1.86 bits per heavy atom. The first-order valence-corrected chi connectivity index (χ1v) is 9.25. The minimum atomic E-state index is -0.246. The zero-order valence-electron chi connectivity index (χ0n) is 15.8. The van der Waals surface area contributed by atoms with Gasteiger partial charge >= 0.3 is 11.7 Å². The third-order valence-corrected chi connectivity index (χ3v) is 4.34. The van der Waals surface area contributed by atoms with Crippen LogP contribution in [0.2, 0.25) is 0 Å². The number of hydrogen-bond acceptors (Lipinski definition) is 4. The van der Waals surface area contributed by atoms with Crippen molar-refractivity contribution in [3.05, 3.63) is 70.9 Å². The number of hydrogen-bond donors (Lipinski definition) is 2. The van der Waals surface area contributed by atoms with Crippen molar-refractivity contribution in [2.24, 2.45) is 7.05 Å². The molecular weight excluding hydrogens is 356 g/mol. The van der Waals surface area contributed by atoms with Gasteiger partial charge in [0.1, 0.15) is 0 Å². The number of urea groups is 1. The second kappa shape index (κ2) is 9.50. The molecule has 0 radical (unpaired) electrons. The molecule has 146 valence electrons. The van der Waals surface area contributed by atoms with Gasteiger partial charge in [-0.3, -0.25) is 9.55 Å². The Morgan fingerprint density at radius 1 is 1.07 bits per heavy atom. The summed E-state index contributed by atoms with van der Waals surface area (Å²) in [5.74, 6) is 0.545. The van der Waals surface area contributed by atoms with Gasteiger partial charge in [0.05, 0.1) is 6.54 Å². The van der Waals surface area contributed by atoms with Gasteiger partial charge in [-0.15, -0.1) is 5.10 Å². The maximum atomic E-state index is 12.3. The molecule has 1 aromatic carbocycles. The fraction of sp³-hybridized carbons (Fsp3) is 0.300. The molecule has 0 fully saturated rings. The van der Waals surface area contributed by atoms with Crippen LogP contribution < -0.4 is 16.3 Å². The first kappa shape index (κ1) is 19.3. The zero-order valence-corrected chi connectivity index (χ0v) is 15.8. The van der Waals surface area contributed by atoms with Gasteiger partial charge in [0, 0.05) is 38.1 Å². The van der Waals surface area contributed by atoms with E-state index in [0.717, 1.165) is 18.4 Å². The summed E-state index contributed by atoms with van der Waals surface area (Å²) in [6.45, 7) is 1.20. The standard InChI is InChI=1S/C20H24N6O2/c1-25-18(17-10-6-11-21-15-17)24-26(20(25)28)14-13-23-19(27)22-12-5-9-16-7-3-2-4-8-16/h2-4,6-8,10-11,15H,5,9,12-14H2,1H3,(H2,22,23,27). The molecule has 2 heterocycles. The average molecular weight is 380 g/mol. The summed E-state index contributed by atoms with van der Waals surface area (Å²) in [6.07, 6.45) is 5.11. The van der Waals surface area contributed by atoms with Crippen molar-refractivity contribution in [1.29, 1.82) is 0 Å². The maximum absolute atomic E-state index is 12.3. The quantitative estimate of drug-likeness (QED) is 0.580. The van der Waals surface area contributed by atoms with Crippen LogP contribution in [0.4, 0.5) is 4.79 Å². The number of nitrogens with zero attached hydrogens (tertiary/aromatic N) is 4. The van der Waals surface area contributed by atoms with Gasteiger partial charge < -0.3 is 10.6 Å². The lowest BCUT2D eigenvalue weighted by Gasteiger charge is -2.07. The van der Waals surface area contributed by atoms with E-state index < -0.39 is 0 Å². The lowest BCUT2D eigenvalue weighted by molar-refractivity contribution is 0.240. The number of nitrogens with one attached hydrogen (secondary N) is 2. The summed E-state index contributed by atoms with van der Waals surface area (Å²) in [4.78, 5) is 28.2. The van der Waals surface area contributed by atoms with E-state index in [9.17, 15) is 9.59 Å². The zero-order chi connectivity index (χ0) is 19.8. The summed E-state index contributed by atoms with van der Waals surface area (Å²) in [5.41, 5.74) is 1.79. The lowest BCUT2D eigenvalue weighted by Crippen LogP contribution is -2.39. The van der Waals surface area contributed by atoms with E-state index in [1.807, 2.05) is 24.3 Å². The van der Waals surface area contributed by atoms with Crippen LogP contribution in [-0.4, -0.2) is 38.5 Å². The van der Waals surface area contributed by atoms with E-state index in [1.165, 1.54) is 14.8 Å². The van der Waals surface area contributed by atoms with Crippen LogP contribution in [0.25, 0.3) is 11.4 Å². The summed E-state index contributed by atoms with van der Waals surface area (Å²) in [7, 11) is 1.67. The number of rotatable bonds is 8. The van der Waals surface area contributed by atoms with Gasteiger partial charge in [-0.25, -0.2) is 14.3 Å². The van der Waals surface area contributed by atoms with Crippen molar-refractivity contribution in [3.8, 4) is 11.4 Å². The highest BCUT2D eigenvalue weighted by molar-refractivity contribution is 5.73. The van der Waals surface area contributed by atoms with E-state index in [2.05, 4.69) is 32.8 Å². The monoisotopic (exact) mass is 380 g/mol. The number of amides is 2. The molecule has 0 bridgehead atoms. The van der Waals surface area contributed by atoms with Gasteiger partial charge in [-0.2, -0.15) is 0 Å². The molecule has 28 heavy (non-hydrogen) atoms. The van der Waals surface area contributed by atoms with Crippen molar-refractivity contribution in [3.63, 3.8) is 0 Å². The van der Waals surface area contributed by atoms with E-state index in [4.69, 9.17) is 0 Å². The van der Waals surface area contributed by atoms with Crippen LogP contribution in [-0.2, 0) is 20.0 Å². The second-order valence-corrected chi connectivity index (χ2v) is 6.40. The van der Waals surface area contributed by atoms with Gasteiger partial charge in [0.25, 0.3) is 0 Å². The highest BCUT2D eigenvalue weighted by Crippen LogP contribution is 2.12. The minimum Gasteiger partial charge on any atom is -0.338 e. The third-order valence-electron chi connectivity index (χ3n) is 4.34. The van der Waals surface area contributed by atoms with Crippen molar-refractivity contribution in [2.45, 2.75) is 19.4 Å². The largest absolute Gasteiger partial charge is 0.345 e. The van der Waals surface area contributed by atoms with Crippen LogP contribution in [0.3, 0.4) is 0 Å². The average Bonchev–Trinajstić information content (AvgIpc) is 3.01. The summed E-state index contributed by atoms with van der Waals surface area (Å²) >= 11 is 0. The van der Waals surface area contributed by atoms with Gasteiger partial charge in [-0.1, -0.05) is 30.3 Å². The molecule has 0 atom stereocenters. The molecule has 0 saturated carbocycles. The predicted molar refractivity (Wildman–Crippen MR) is 107 cm³/mol. The van der Waals surface area contributed by atoms with Crippen molar-refractivity contribution in [2.75, 3.05) is 13.1 Å². The number of carbonyl (C=O) groups excluding carboxylic acids is 1. The van der Waals surface area contributed by atoms with E-state index >= 15 is 0 Å². The van der Waals surface area contributed by atoms with Gasteiger partial charge in [-0.05, 0) is 30.5 Å². The Hall–Kier alpha value is -3.42. The Bertz CT molecular complexity index is 950. The number of carbonyl (C=O) groups is 1. The lowest BCUT2D eigenvalue weighted by atomic mass is 10.1. The maximum Gasteiger partial charge on any atom is 0.345 e. The molecule has 0 unspecified atom stereocenters. The van der Waals surface area contributed by atoms with Crippen LogP contribution >= 0.6 is 0 Å². The Labute approximate surface area is 163 Å². The van der Waals surface area contributed by atoms with Crippen molar-refractivity contribution >= 4 is 6.03 Å². The van der Waals surface area contributed by atoms with E-state index in [1.54, 1.807) is 25.5 Å². The summed E-state index contributed by atoms with van der Waals surface area (Å²) < 4.78 is 2.82. The van der Waals surface area contributed by atoms with Gasteiger partial charge in [0.2, 0.25) is 0 Å². The normalized spacial score (nSPS) is 10.6. The molecule has 0 saturated heterocycles. The second-order valence-electron chi connectivity index (χ2n) is 6.40. The summed E-state index contributed by atoms with van der Waals surface area (Å²) in [6, 6.07) is 13.5.